The van der Waals surface area contributed by atoms with E-state index in [0.29, 0.717) is 17.4 Å². The van der Waals surface area contributed by atoms with E-state index in [1.807, 2.05) is 41.3 Å². The average molecular weight is 423 g/mol. The summed E-state index contributed by atoms with van der Waals surface area (Å²) >= 11 is 5.74. The summed E-state index contributed by atoms with van der Waals surface area (Å²) in [5, 5.41) is 14.6. The normalized spacial score (nSPS) is 18.6. The molecule has 6 nitrogen and oxygen atoms in total. The molecular formula is C23H26N4O2S. The summed E-state index contributed by atoms with van der Waals surface area (Å²) < 4.78 is 7.56. The zero-order valence-corrected chi connectivity index (χ0v) is 18.2. The Morgan fingerprint density at radius 3 is 2.63 bits per heavy atom. The molecular weight excluding hydrogens is 396 g/mol. The van der Waals surface area contributed by atoms with Crippen LogP contribution in [0.1, 0.15) is 34.7 Å². The number of rotatable bonds is 6. The van der Waals surface area contributed by atoms with Gasteiger partial charge in [0, 0.05) is 31.2 Å². The van der Waals surface area contributed by atoms with Gasteiger partial charge in [0.05, 0.1) is 30.1 Å². The Labute approximate surface area is 182 Å². The molecule has 7 heteroatoms. The number of pyridine rings is 1. The van der Waals surface area contributed by atoms with Crippen LogP contribution in [0.5, 0.6) is 5.75 Å². The smallest absolute Gasteiger partial charge is 0.174 e. The van der Waals surface area contributed by atoms with Crippen molar-refractivity contribution in [1.82, 2.24) is 14.9 Å². The first kappa shape index (κ1) is 20.4. The van der Waals surface area contributed by atoms with E-state index in [1.165, 1.54) is 0 Å². The van der Waals surface area contributed by atoms with Crippen molar-refractivity contribution in [3.63, 3.8) is 0 Å². The number of thiocarbonyl (C=S) groups is 1. The van der Waals surface area contributed by atoms with Gasteiger partial charge in [-0.2, -0.15) is 0 Å². The summed E-state index contributed by atoms with van der Waals surface area (Å²) in [5.74, 6) is 0.196. The number of nitrogens with one attached hydrogen (secondary N) is 1. The Morgan fingerprint density at radius 1 is 1.17 bits per heavy atom. The summed E-state index contributed by atoms with van der Waals surface area (Å²) in [5.41, 5.74) is 5.05. The molecule has 1 aliphatic rings. The number of ether oxygens (including phenoxy) is 1. The van der Waals surface area contributed by atoms with Crippen LogP contribution in [0, 0.1) is 13.8 Å². The van der Waals surface area contributed by atoms with Crippen molar-refractivity contribution >= 4 is 23.0 Å². The molecule has 0 amide bonds. The third-order valence-electron chi connectivity index (χ3n) is 5.69. The van der Waals surface area contributed by atoms with Gasteiger partial charge in [-0.3, -0.25) is 4.98 Å². The number of para-hydroxylation sites is 2. The number of aromatic nitrogens is 2. The molecule has 1 fully saturated rings. The summed E-state index contributed by atoms with van der Waals surface area (Å²) in [6, 6.07) is 15.1. The van der Waals surface area contributed by atoms with E-state index in [2.05, 4.69) is 34.8 Å². The highest BCUT2D eigenvalue weighted by Gasteiger charge is 2.42. The largest absolute Gasteiger partial charge is 0.506 e. The van der Waals surface area contributed by atoms with Crippen LogP contribution in [-0.2, 0) is 11.3 Å². The molecule has 1 saturated heterocycles. The Hall–Kier alpha value is -2.90. The first-order valence-corrected chi connectivity index (χ1v) is 10.4. The van der Waals surface area contributed by atoms with Crippen molar-refractivity contribution in [2.45, 2.75) is 32.5 Å². The lowest BCUT2D eigenvalue weighted by Gasteiger charge is -2.28. The number of aryl methyl sites for hydroxylation is 1. The molecule has 0 saturated carbocycles. The summed E-state index contributed by atoms with van der Waals surface area (Å²) in [7, 11) is 1.71. The molecule has 2 N–H and O–H groups in total. The van der Waals surface area contributed by atoms with Gasteiger partial charge < -0.3 is 24.6 Å². The number of phenols is 1. The lowest BCUT2D eigenvalue weighted by Crippen LogP contribution is -2.29. The highest BCUT2D eigenvalue weighted by Crippen LogP contribution is 2.45. The Balaban J connectivity index is 1.86. The van der Waals surface area contributed by atoms with Crippen LogP contribution in [0.25, 0.3) is 0 Å². The first-order valence-electron chi connectivity index (χ1n) is 9.97. The quantitative estimate of drug-likeness (QED) is 0.585. The molecule has 0 aliphatic carbocycles. The maximum Gasteiger partial charge on any atom is 0.174 e. The molecule has 0 unspecified atom stereocenters. The second-order valence-electron chi connectivity index (χ2n) is 7.46. The minimum absolute atomic E-state index is 0.144. The number of anilines is 1. The molecule has 2 atom stereocenters. The molecule has 3 aromatic rings. The van der Waals surface area contributed by atoms with Crippen molar-refractivity contribution < 1.29 is 9.84 Å². The Bertz CT molecular complexity index is 1050. The van der Waals surface area contributed by atoms with Crippen LogP contribution >= 0.6 is 12.2 Å². The first-order chi connectivity index (χ1) is 14.5. The Kier molecular flexibility index (Phi) is 5.74. The summed E-state index contributed by atoms with van der Waals surface area (Å²) in [6.07, 6.45) is 1.79. The number of aromatic hydroxyl groups is 1. The van der Waals surface area contributed by atoms with E-state index in [-0.39, 0.29) is 17.8 Å². The fourth-order valence-electron chi connectivity index (χ4n) is 4.25. The Morgan fingerprint density at radius 2 is 1.93 bits per heavy atom. The van der Waals surface area contributed by atoms with Crippen molar-refractivity contribution in [2.75, 3.05) is 18.6 Å². The predicted octanol–water partition coefficient (Wildman–Crippen LogP) is 4.03. The fraction of sp³-hybridized carbons (Fsp3) is 0.304. The van der Waals surface area contributed by atoms with Crippen molar-refractivity contribution in [3.8, 4) is 5.75 Å². The van der Waals surface area contributed by atoms with E-state index in [1.54, 1.807) is 19.4 Å². The van der Waals surface area contributed by atoms with Gasteiger partial charge in [-0.25, -0.2) is 0 Å². The maximum atomic E-state index is 10.6. The van der Waals surface area contributed by atoms with Gasteiger partial charge in [0.1, 0.15) is 5.75 Å². The van der Waals surface area contributed by atoms with Crippen molar-refractivity contribution in [3.05, 3.63) is 77.4 Å². The minimum atomic E-state index is -0.150. The second-order valence-corrected chi connectivity index (χ2v) is 7.84. The highest BCUT2D eigenvalue weighted by atomic mass is 32.1. The van der Waals surface area contributed by atoms with Crippen LogP contribution in [0.4, 0.5) is 5.69 Å². The number of hydrogen-bond donors (Lipinski definition) is 2. The lowest BCUT2D eigenvalue weighted by molar-refractivity contribution is 0.186. The van der Waals surface area contributed by atoms with E-state index in [4.69, 9.17) is 17.0 Å². The van der Waals surface area contributed by atoms with Gasteiger partial charge >= 0.3 is 0 Å². The molecule has 1 aromatic carbocycles. The lowest BCUT2D eigenvalue weighted by atomic mass is 9.96. The van der Waals surface area contributed by atoms with E-state index in [9.17, 15) is 5.11 Å². The van der Waals surface area contributed by atoms with Crippen LogP contribution in [0.3, 0.4) is 0 Å². The zero-order valence-electron chi connectivity index (χ0n) is 17.4. The van der Waals surface area contributed by atoms with Crippen LogP contribution in [0.15, 0.2) is 54.7 Å². The molecule has 3 heterocycles. The minimum Gasteiger partial charge on any atom is -0.506 e. The second kappa shape index (κ2) is 8.45. The fourth-order valence-corrected chi connectivity index (χ4v) is 4.59. The van der Waals surface area contributed by atoms with Crippen LogP contribution in [0.2, 0.25) is 0 Å². The third-order valence-corrected chi connectivity index (χ3v) is 6.00. The highest BCUT2D eigenvalue weighted by molar-refractivity contribution is 7.80. The number of nitrogens with zero attached hydrogens (tertiary/aromatic N) is 3. The van der Waals surface area contributed by atoms with E-state index in [0.717, 1.165) is 29.2 Å². The van der Waals surface area contributed by atoms with Crippen molar-refractivity contribution in [1.29, 1.82) is 0 Å². The number of hydrogen-bond acceptors (Lipinski definition) is 4. The van der Waals surface area contributed by atoms with Crippen LogP contribution in [-0.4, -0.2) is 33.5 Å². The standard InChI is InChI=1S/C23H26N4O2S/c1-15-14-17(16(2)26(15)12-13-29-3)22-21(18-8-6-7-11-24-18)25-23(30)27(22)19-9-4-5-10-20(19)28/h4-11,14,21-22,28H,12-13H2,1-3H3,(H,25,30)/t21-,22-/m1/s1. The van der Waals surface area contributed by atoms with Gasteiger partial charge in [-0.05, 0) is 62.0 Å². The molecule has 4 rings (SSSR count). The third kappa shape index (κ3) is 3.55. The van der Waals surface area contributed by atoms with Crippen LogP contribution < -0.4 is 10.2 Å². The van der Waals surface area contributed by atoms with Gasteiger partial charge in [-0.15, -0.1) is 0 Å². The molecule has 156 valence electrons. The topological polar surface area (TPSA) is 62.5 Å². The molecule has 1 aliphatic heterocycles. The van der Waals surface area contributed by atoms with Crippen molar-refractivity contribution in [2.24, 2.45) is 0 Å². The molecule has 0 radical (unpaired) electrons. The predicted molar refractivity (Wildman–Crippen MR) is 122 cm³/mol. The number of methoxy groups -OCH3 is 1. The van der Waals surface area contributed by atoms with Gasteiger partial charge in [0.2, 0.25) is 0 Å². The van der Waals surface area contributed by atoms with Gasteiger partial charge in [0.15, 0.2) is 5.11 Å². The summed E-state index contributed by atoms with van der Waals surface area (Å²) in [4.78, 5) is 6.60. The summed E-state index contributed by atoms with van der Waals surface area (Å²) in [6.45, 7) is 5.65. The molecule has 30 heavy (non-hydrogen) atoms. The van der Waals surface area contributed by atoms with Gasteiger partial charge in [0.25, 0.3) is 0 Å². The zero-order chi connectivity index (χ0) is 21.3. The van der Waals surface area contributed by atoms with E-state index >= 15 is 0 Å². The number of benzene rings is 1. The monoisotopic (exact) mass is 422 g/mol. The molecule has 2 aromatic heterocycles. The SMILES string of the molecule is COCCn1c(C)cc([C@@H]2[C@@H](c3ccccn3)NC(=S)N2c2ccccc2O)c1C. The maximum absolute atomic E-state index is 10.6. The van der Waals surface area contributed by atoms with E-state index < -0.39 is 0 Å². The molecule has 0 spiro atoms. The number of phenolic OH excluding ortho intramolecular Hbond substituents is 1. The average Bonchev–Trinajstić information content (AvgIpc) is 3.23. The van der Waals surface area contributed by atoms with Gasteiger partial charge in [-0.1, -0.05) is 18.2 Å². The molecule has 0 bridgehead atoms.